The fraction of sp³-hybridized carbons (Fsp3) is 0.320. The second-order valence-electron chi connectivity index (χ2n) is 8.08. The molecule has 166 valence electrons. The third kappa shape index (κ3) is 4.25. The molecule has 0 radical (unpaired) electrons. The minimum atomic E-state index is -0.489. The van der Waals surface area contributed by atoms with Crippen molar-refractivity contribution in [2.24, 2.45) is 5.92 Å². The van der Waals surface area contributed by atoms with Crippen LogP contribution in [0, 0.1) is 26.7 Å². The summed E-state index contributed by atoms with van der Waals surface area (Å²) in [6, 6.07) is 14.9. The molecule has 1 saturated heterocycles. The number of benzene rings is 2. The van der Waals surface area contributed by atoms with E-state index in [1.54, 1.807) is 12.0 Å². The Morgan fingerprint density at radius 1 is 1.12 bits per heavy atom. The summed E-state index contributed by atoms with van der Waals surface area (Å²) in [5, 5.41) is 3.58. The van der Waals surface area contributed by atoms with Gasteiger partial charge in [-0.2, -0.15) is 0 Å². The molecule has 2 heterocycles. The number of piperidine rings is 1. The first kappa shape index (κ1) is 22.0. The van der Waals surface area contributed by atoms with Crippen LogP contribution in [0.5, 0.6) is 5.75 Å². The second kappa shape index (κ2) is 9.12. The summed E-state index contributed by atoms with van der Waals surface area (Å²) in [4.78, 5) is 34.0. The molecule has 0 saturated carbocycles. The van der Waals surface area contributed by atoms with Crippen molar-refractivity contribution in [1.82, 2.24) is 4.98 Å². The maximum absolute atomic E-state index is 13.5. The molecule has 7 heteroatoms. The van der Waals surface area contributed by atoms with E-state index in [0.717, 1.165) is 27.4 Å². The molecule has 4 rings (SSSR count). The maximum atomic E-state index is 13.5. The predicted octanol–water partition coefficient (Wildman–Crippen LogP) is 5.20. The van der Waals surface area contributed by atoms with Gasteiger partial charge in [0.25, 0.3) is 0 Å². The molecule has 2 atom stereocenters. The number of hydrogen-bond donors (Lipinski definition) is 1. The van der Waals surface area contributed by atoms with Gasteiger partial charge in [-0.1, -0.05) is 35.9 Å². The molecular weight excluding hydrogens is 422 g/mol. The van der Waals surface area contributed by atoms with Crippen molar-refractivity contribution in [3.05, 3.63) is 70.2 Å². The summed E-state index contributed by atoms with van der Waals surface area (Å²) >= 11 is 1.46. The minimum Gasteiger partial charge on any atom is -0.496 e. The third-order valence-corrected chi connectivity index (χ3v) is 6.95. The van der Waals surface area contributed by atoms with Crippen molar-refractivity contribution in [1.29, 1.82) is 0 Å². The van der Waals surface area contributed by atoms with E-state index >= 15 is 0 Å². The molecule has 32 heavy (non-hydrogen) atoms. The topological polar surface area (TPSA) is 71.5 Å². The first-order valence-corrected chi connectivity index (χ1v) is 11.5. The summed E-state index contributed by atoms with van der Waals surface area (Å²) in [5.74, 6) is 0.0619. The largest absolute Gasteiger partial charge is 0.496 e. The fourth-order valence-corrected chi connectivity index (χ4v) is 4.99. The number of rotatable bonds is 5. The zero-order valence-corrected chi connectivity index (χ0v) is 19.5. The molecule has 3 aromatic rings. The van der Waals surface area contributed by atoms with Crippen LogP contribution in [0.15, 0.2) is 48.5 Å². The normalized spacial score (nSPS) is 18.5. The zero-order chi connectivity index (χ0) is 22.8. The Morgan fingerprint density at radius 3 is 2.50 bits per heavy atom. The lowest BCUT2D eigenvalue weighted by Crippen LogP contribution is -2.47. The molecule has 2 aromatic carbocycles. The van der Waals surface area contributed by atoms with Gasteiger partial charge in [-0.25, -0.2) is 4.98 Å². The molecule has 1 N–H and O–H groups in total. The Hall–Kier alpha value is -3.19. The van der Waals surface area contributed by atoms with Gasteiger partial charge in [0.05, 0.1) is 24.8 Å². The molecule has 6 nitrogen and oxygen atoms in total. The Labute approximate surface area is 192 Å². The molecule has 1 aliphatic rings. The third-order valence-electron chi connectivity index (χ3n) is 5.96. The quantitative estimate of drug-likeness (QED) is 0.581. The summed E-state index contributed by atoms with van der Waals surface area (Å²) in [5.41, 5.74) is 3.60. The lowest BCUT2D eigenvalue weighted by molar-refractivity contribution is -0.125. The van der Waals surface area contributed by atoms with E-state index in [1.807, 2.05) is 69.3 Å². The van der Waals surface area contributed by atoms with E-state index in [0.29, 0.717) is 23.7 Å². The van der Waals surface area contributed by atoms with Crippen molar-refractivity contribution in [3.63, 3.8) is 0 Å². The molecule has 2 amide bonds. The number of carbonyl (C=O) groups excluding carboxylic acids is 2. The maximum Gasteiger partial charge on any atom is 0.231 e. The number of amides is 2. The lowest BCUT2D eigenvalue weighted by atomic mass is 9.82. The molecule has 0 aliphatic carbocycles. The van der Waals surface area contributed by atoms with Crippen LogP contribution in [0.3, 0.4) is 0 Å². The zero-order valence-electron chi connectivity index (χ0n) is 18.7. The number of para-hydroxylation sites is 1. The molecule has 1 aliphatic heterocycles. The van der Waals surface area contributed by atoms with E-state index in [9.17, 15) is 9.59 Å². The number of nitrogens with one attached hydrogen (secondary N) is 1. The van der Waals surface area contributed by atoms with Gasteiger partial charge in [0.2, 0.25) is 11.8 Å². The highest BCUT2D eigenvalue weighted by molar-refractivity contribution is 7.15. The van der Waals surface area contributed by atoms with Gasteiger partial charge in [0.1, 0.15) is 5.75 Å². The van der Waals surface area contributed by atoms with E-state index in [4.69, 9.17) is 4.74 Å². The first-order chi connectivity index (χ1) is 15.4. The second-order valence-corrected chi connectivity index (χ2v) is 9.28. The smallest absolute Gasteiger partial charge is 0.231 e. The molecule has 0 spiro atoms. The minimum absolute atomic E-state index is 0.00486. The van der Waals surface area contributed by atoms with Crippen LogP contribution in [0.4, 0.5) is 10.8 Å². The SMILES string of the molecule is COc1ccccc1C1C(C(=O)Nc2nc(C)c(C)s2)CCC(=O)N1c1ccc(C)cc1. The van der Waals surface area contributed by atoms with Crippen molar-refractivity contribution in [3.8, 4) is 5.75 Å². The van der Waals surface area contributed by atoms with Gasteiger partial charge >= 0.3 is 0 Å². The van der Waals surface area contributed by atoms with Crippen molar-refractivity contribution >= 4 is 34.0 Å². The summed E-state index contributed by atoms with van der Waals surface area (Å²) < 4.78 is 5.62. The molecular formula is C25H27N3O3S. The van der Waals surface area contributed by atoms with Crippen LogP contribution in [0.1, 0.15) is 40.6 Å². The summed E-state index contributed by atoms with van der Waals surface area (Å²) in [7, 11) is 1.61. The summed E-state index contributed by atoms with van der Waals surface area (Å²) in [6.45, 7) is 5.92. The standard InChI is InChI=1S/C25H27N3O3S/c1-15-9-11-18(12-10-15)28-22(29)14-13-20(23(28)19-7-5-6-8-21(19)31-4)24(30)27-25-26-16(2)17(3)32-25/h5-12,20,23H,13-14H2,1-4H3,(H,26,27,30). The first-order valence-electron chi connectivity index (χ1n) is 10.7. The number of thiazole rings is 1. The Morgan fingerprint density at radius 2 is 1.84 bits per heavy atom. The number of hydrogen-bond acceptors (Lipinski definition) is 5. The van der Waals surface area contributed by atoms with Crippen LogP contribution in [0.25, 0.3) is 0 Å². The van der Waals surface area contributed by atoms with Crippen molar-refractivity contribution in [2.75, 3.05) is 17.3 Å². The monoisotopic (exact) mass is 449 g/mol. The van der Waals surface area contributed by atoms with Crippen LogP contribution >= 0.6 is 11.3 Å². The van der Waals surface area contributed by atoms with Crippen molar-refractivity contribution in [2.45, 2.75) is 39.7 Å². The number of aryl methyl sites for hydroxylation is 3. The van der Waals surface area contributed by atoms with Crippen LogP contribution in [0.2, 0.25) is 0 Å². The number of aromatic nitrogens is 1. The number of methoxy groups -OCH3 is 1. The average Bonchev–Trinajstić information content (AvgIpc) is 3.10. The fourth-order valence-electron chi connectivity index (χ4n) is 4.17. The van der Waals surface area contributed by atoms with Gasteiger partial charge in [0.15, 0.2) is 5.13 Å². The highest BCUT2D eigenvalue weighted by Crippen LogP contribution is 2.43. The van der Waals surface area contributed by atoms with E-state index in [2.05, 4.69) is 10.3 Å². The highest BCUT2D eigenvalue weighted by Gasteiger charge is 2.42. The van der Waals surface area contributed by atoms with Gasteiger partial charge in [0, 0.05) is 22.5 Å². The van der Waals surface area contributed by atoms with Crippen LogP contribution in [-0.4, -0.2) is 23.9 Å². The molecule has 1 aromatic heterocycles. The molecule has 0 bridgehead atoms. The Bertz CT molecular complexity index is 1120. The van der Waals surface area contributed by atoms with E-state index in [1.165, 1.54) is 11.3 Å². The Kier molecular flexibility index (Phi) is 6.28. The van der Waals surface area contributed by atoms with Crippen LogP contribution < -0.4 is 15.0 Å². The van der Waals surface area contributed by atoms with Gasteiger partial charge in [-0.3, -0.25) is 9.59 Å². The molecule has 2 unspecified atom stereocenters. The lowest BCUT2D eigenvalue weighted by Gasteiger charge is -2.41. The number of anilines is 2. The summed E-state index contributed by atoms with van der Waals surface area (Å²) in [6.07, 6.45) is 0.757. The average molecular weight is 450 g/mol. The van der Waals surface area contributed by atoms with E-state index in [-0.39, 0.29) is 11.8 Å². The number of nitrogens with zero attached hydrogens (tertiary/aromatic N) is 2. The molecule has 1 fully saturated rings. The van der Waals surface area contributed by atoms with Gasteiger partial charge in [-0.05, 0) is 45.4 Å². The van der Waals surface area contributed by atoms with Crippen LogP contribution in [-0.2, 0) is 9.59 Å². The predicted molar refractivity (Wildman–Crippen MR) is 127 cm³/mol. The van der Waals surface area contributed by atoms with Crippen molar-refractivity contribution < 1.29 is 14.3 Å². The van der Waals surface area contributed by atoms with E-state index < -0.39 is 12.0 Å². The van der Waals surface area contributed by atoms with Gasteiger partial charge < -0.3 is 15.0 Å². The van der Waals surface area contributed by atoms with Gasteiger partial charge in [-0.15, -0.1) is 11.3 Å². The number of ether oxygens (including phenoxy) is 1. The number of carbonyl (C=O) groups is 2. The highest BCUT2D eigenvalue weighted by atomic mass is 32.1. The Balaban J connectivity index is 1.77.